The van der Waals surface area contributed by atoms with E-state index in [1.54, 1.807) is 11.3 Å². The Hall–Kier alpha value is -2.08. The van der Waals surface area contributed by atoms with Gasteiger partial charge in [-0.2, -0.15) is 9.97 Å². The van der Waals surface area contributed by atoms with E-state index < -0.39 is 0 Å². The van der Waals surface area contributed by atoms with Crippen molar-refractivity contribution in [3.8, 4) is 0 Å². The fourth-order valence-electron chi connectivity index (χ4n) is 2.21. The molecule has 0 amide bonds. The molecule has 0 aliphatic carbocycles. The lowest BCUT2D eigenvalue weighted by molar-refractivity contribution is 0.989. The Balaban J connectivity index is 1.95. The summed E-state index contributed by atoms with van der Waals surface area (Å²) in [6.07, 6.45) is 3.98. The minimum absolute atomic E-state index is 0.281. The molecule has 0 saturated carbocycles. The number of aromatic nitrogens is 3. The lowest BCUT2D eigenvalue weighted by Gasteiger charge is -2.04. The Morgan fingerprint density at radius 2 is 2.26 bits per heavy atom. The molecule has 0 saturated heterocycles. The molecule has 0 bridgehead atoms. The molecule has 0 unspecified atom stereocenters. The molecule has 3 aromatic rings. The number of nitrogens with one attached hydrogen (secondary N) is 2. The number of aromatic amines is 1. The number of nitrogens with zero attached hydrogens (tertiary/aromatic N) is 2. The van der Waals surface area contributed by atoms with Crippen LogP contribution in [0.25, 0.3) is 11.0 Å². The number of aryl methyl sites for hydroxylation is 2. The zero-order valence-electron chi connectivity index (χ0n) is 10.6. The molecule has 0 aromatic carbocycles. The van der Waals surface area contributed by atoms with Crippen molar-refractivity contribution in [3.05, 3.63) is 34.2 Å². The van der Waals surface area contributed by atoms with Gasteiger partial charge >= 0.3 is 0 Å². The maximum Gasteiger partial charge on any atom is 0.223 e. The van der Waals surface area contributed by atoms with Crippen LogP contribution in [0.4, 0.5) is 11.8 Å². The lowest BCUT2D eigenvalue weighted by atomic mass is 10.1. The average Bonchev–Trinajstić information content (AvgIpc) is 3.04. The molecule has 5 nitrogen and oxygen atoms in total. The molecule has 3 rings (SSSR count). The van der Waals surface area contributed by atoms with Crippen molar-refractivity contribution in [2.24, 2.45) is 0 Å². The highest BCUT2D eigenvalue weighted by Crippen LogP contribution is 2.26. The summed E-state index contributed by atoms with van der Waals surface area (Å²) in [5.41, 5.74) is 7.69. The summed E-state index contributed by atoms with van der Waals surface area (Å²) in [6.45, 7) is 0. The van der Waals surface area contributed by atoms with Crippen LogP contribution in [0.2, 0.25) is 0 Å². The number of hydrogen-bond acceptors (Lipinski definition) is 5. The molecular formula is C13H15N5S. The normalized spacial score (nSPS) is 11.0. The highest BCUT2D eigenvalue weighted by Gasteiger charge is 2.12. The van der Waals surface area contributed by atoms with Crippen molar-refractivity contribution in [3.63, 3.8) is 0 Å². The number of rotatable bonds is 4. The Morgan fingerprint density at radius 3 is 3.00 bits per heavy atom. The van der Waals surface area contributed by atoms with Gasteiger partial charge in [-0.3, -0.25) is 0 Å². The van der Waals surface area contributed by atoms with Crippen LogP contribution < -0.4 is 11.1 Å². The van der Waals surface area contributed by atoms with Crippen molar-refractivity contribution in [2.45, 2.75) is 12.8 Å². The van der Waals surface area contributed by atoms with Gasteiger partial charge in [-0.15, -0.1) is 11.3 Å². The van der Waals surface area contributed by atoms with Crippen LogP contribution in [0.5, 0.6) is 0 Å². The van der Waals surface area contributed by atoms with E-state index in [0.29, 0.717) is 0 Å². The van der Waals surface area contributed by atoms with Crippen molar-refractivity contribution < 1.29 is 0 Å². The first-order valence-corrected chi connectivity index (χ1v) is 6.99. The second-order valence-corrected chi connectivity index (χ2v) is 5.33. The van der Waals surface area contributed by atoms with Crippen LogP contribution in [0, 0.1) is 0 Å². The predicted octanol–water partition coefficient (Wildman–Crippen LogP) is 2.43. The van der Waals surface area contributed by atoms with Crippen molar-refractivity contribution in [2.75, 3.05) is 18.1 Å². The molecule has 4 N–H and O–H groups in total. The molecule has 0 aliphatic heterocycles. The van der Waals surface area contributed by atoms with E-state index in [1.165, 1.54) is 10.4 Å². The molecular weight excluding hydrogens is 258 g/mol. The SMILES string of the molecule is CNc1nc(N)nc2[nH]cc(CCc3cccs3)c12. The first-order chi connectivity index (χ1) is 9.28. The molecule has 98 valence electrons. The summed E-state index contributed by atoms with van der Waals surface area (Å²) >= 11 is 1.79. The zero-order valence-corrected chi connectivity index (χ0v) is 11.4. The van der Waals surface area contributed by atoms with E-state index in [4.69, 9.17) is 5.73 Å². The highest BCUT2D eigenvalue weighted by atomic mass is 32.1. The van der Waals surface area contributed by atoms with E-state index in [1.807, 2.05) is 13.2 Å². The quantitative estimate of drug-likeness (QED) is 0.682. The second kappa shape index (κ2) is 4.89. The third-order valence-corrected chi connectivity index (χ3v) is 4.02. The van der Waals surface area contributed by atoms with Crippen molar-refractivity contribution in [1.29, 1.82) is 0 Å². The largest absolute Gasteiger partial charge is 0.372 e. The third-order valence-electron chi connectivity index (χ3n) is 3.09. The number of thiophene rings is 1. The summed E-state index contributed by atoms with van der Waals surface area (Å²) in [5, 5.41) is 6.22. The van der Waals surface area contributed by atoms with Gasteiger partial charge in [0.25, 0.3) is 0 Å². The molecule has 0 radical (unpaired) electrons. The number of anilines is 2. The van der Waals surface area contributed by atoms with Gasteiger partial charge in [-0.25, -0.2) is 0 Å². The Bertz CT molecular complexity index is 686. The van der Waals surface area contributed by atoms with E-state index in [0.717, 1.165) is 29.7 Å². The van der Waals surface area contributed by atoms with Gasteiger partial charge < -0.3 is 16.0 Å². The number of H-pyrrole nitrogens is 1. The van der Waals surface area contributed by atoms with E-state index in [-0.39, 0.29) is 5.95 Å². The average molecular weight is 273 g/mol. The fraction of sp³-hybridized carbons (Fsp3) is 0.231. The standard InChI is InChI=1S/C13H15N5S/c1-15-11-10-8(4-5-9-3-2-6-19-9)7-16-12(10)18-13(14)17-11/h2-3,6-7H,4-5H2,1H3,(H4,14,15,16,17,18). The molecule has 3 heterocycles. The van der Waals surface area contributed by atoms with Crippen molar-refractivity contribution in [1.82, 2.24) is 15.0 Å². The smallest absolute Gasteiger partial charge is 0.223 e. The number of fused-ring (bicyclic) bond motifs is 1. The van der Waals surface area contributed by atoms with E-state index >= 15 is 0 Å². The van der Waals surface area contributed by atoms with Gasteiger partial charge in [0.2, 0.25) is 5.95 Å². The first-order valence-electron chi connectivity index (χ1n) is 6.11. The monoisotopic (exact) mass is 273 g/mol. The van der Waals surface area contributed by atoms with Crippen LogP contribution in [-0.4, -0.2) is 22.0 Å². The molecule has 0 atom stereocenters. The number of nitrogens with two attached hydrogens (primary N) is 1. The molecule has 0 spiro atoms. The van der Waals surface area contributed by atoms with Gasteiger partial charge in [0.1, 0.15) is 11.5 Å². The Kier molecular flexibility index (Phi) is 3.08. The number of nitrogen functional groups attached to an aromatic ring is 1. The molecule has 0 fully saturated rings. The number of hydrogen-bond donors (Lipinski definition) is 3. The third kappa shape index (κ3) is 2.26. The molecule has 0 aliphatic rings. The van der Waals surface area contributed by atoms with Crippen LogP contribution in [0.15, 0.2) is 23.7 Å². The van der Waals surface area contributed by atoms with E-state index in [9.17, 15) is 0 Å². The Labute approximate surface area is 114 Å². The zero-order chi connectivity index (χ0) is 13.2. The van der Waals surface area contributed by atoms with Crippen molar-refractivity contribution >= 4 is 34.1 Å². The summed E-state index contributed by atoms with van der Waals surface area (Å²) < 4.78 is 0. The Morgan fingerprint density at radius 1 is 1.37 bits per heavy atom. The van der Waals surface area contributed by atoms with E-state index in [2.05, 4.69) is 37.8 Å². The van der Waals surface area contributed by atoms with Crippen LogP contribution >= 0.6 is 11.3 Å². The summed E-state index contributed by atoms with van der Waals surface area (Å²) in [6, 6.07) is 4.24. The minimum atomic E-state index is 0.281. The fourth-order valence-corrected chi connectivity index (χ4v) is 2.91. The van der Waals surface area contributed by atoms with Gasteiger partial charge in [-0.05, 0) is 29.9 Å². The van der Waals surface area contributed by atoms with Crippen LogP contribution in [0.1, 0.15) is 10.4 Å². The highest BCUT2D eigenvalue weighted by molar-refractivity contribution is 7.09. The molecule has 3 aromatic heterocycles. The summed E-state index contributed by atoms with van der Waals surface area (Å²) in [5.74, 6) is 1.06. The summed E-state index contributed by atoms with van der Waals surface area (Å²) in [4.78, 5) is 13.0. The predicted molar refractivity (Wildman–Crippen MR) is 79.6 cm³/mol. The summed E-state index contributed by atoms with van der Waals surface area (Å²) in [7, 11) is 1.84. The molecule has 6 heteroatoms. The maximum absolute atomic E-state index is 5.68. The minimum Gasteiger partial charge on any atom is -0.372 e. The van der Waals surface area contributed by atoms with Gasteiger partial charge in [0.15, 0.2) is 0 Å². The molecule has 19 heavy (non-hydrogen) atoms. The van der Waals surface area contributed by atoms with Gasteiger partial charge in [0, 0.05) is 18.1 Å². The topological polar surface area (TPSA) is 79.6 Å². The lowest BCUT2D eigenvalue weighted by Crippen LogP contribution is -2.01. The second-order valence-electron chi connectivity index (χ2n) is 4.30. The maximum atomic E-state index is 5.68. The van der Waals surface area contributed by atoms with Crippen LogP contribution in [0.3, 0.4) is 0 Å². The van der Waals surface area contributed by atoms with Crippen LogP contribution in [-0.2, 0) is 12.8 Å². The first kappa shape index (κ1) is 12.0. The van der Waals surface area contributed by atoms with Gasteiger partial charge in [-0.1, -0.05) is 6.07 Å². The van der Waals surface area contributed by atoms with Gasteiger partial charge in [0.05, 0.1) is 5.39 Å².